The molecule has 0 aliphatic rings. The summed E-state index contributed by atoms with van der Waals surface area (Å²) in [6.45, 7) is 0. The molecule has 0 atom stereocenters. The van der Waals surface area contributed by atoms with Gasteiger partial charge in [0.05, 0.1) is 0 Å². The first-order chi connectivity index (χ1) is 20.3. The van der Waals surface area contributed by atoms with Gasteiger partial charge in [-0.25, -0.2) is 0 Å². The quantitative estimate of drug-likeness (QED) is 0.230. The molecule has 0 amide bonds. The Hall–Kier alpha value is -5.54. The number of nitrogens with zero attached hydrogens (tertiary/aromatic N) is 1. The van der Waals surface area contributed by atoms with Gasteiger partial charge in [-0.05, 0) is 82.2 Å². The summed E-state index contributed by atoms with van der Waals surface area (Å²) in [6, 6.07) is 49.0. The second-order valence-corrected chi connectivity index (χ2v) is 10.6. The molecule has 0 saturated carbocycles. The lowest BCUT2D eigenvalue weighted by Gasteiger charge is -2.25. The Labute approximate surface area is 235 Å². The Morgan fingerprint density at radius 2 is 1.05 bits per heavy atom. The fourth-order valence-corrected chi connectivity index (χ4v) is 6.29. The molecule has 0 radical (unpaired) electrons. The van der Waals surface area contributed by atoms with E-state index in [0.29, 0.717) is 0 Å². The second-order valence-electron chi connectivity index (χ2n) is 10.6. The lowest BCUT2D eigenvalue weighted by atomic mass is 10.0. The molecule has 2 heterocycles. The van der Waals surface area contributed by atoms with Crippen LogP contribution in [0.2, 0.25) is 0 Å². The molecule has 0 N–H and O–H groups in total. The van der Waals surface area contributed by atoms with E-state index in [2.05, 4.69) is 126 Å². The number of hydrogen-bond acceptors (Lipinski definition) is 3. The summed E-state index contributed by atoms with van der Waals surface area (Å²) in [5.74, 6) is 0. The molecule has 0 fully saturated rings. The average Bonchev–Trinajstić information content (AvgIpc) is 3.58. The van der Waals surface area contributed by atoms with Crippen LogP contribution in [0.3, 0.4) is 0 Å². The molecule has 0 aliphatic carbocycles. The number of benzene rings is 7. The molecule has 9 aromatic rings. The summed E-state index contributed by atoms with van der Waals surface area (Å²) >= 11 is 0. The van der Waals surface area contributed by atoms with Crippen LogP contribution in [0.15, 0.2) is 148 Å². The predicted molar refractivity (Wildman–Crippen MR) is 171 cm³/mol. The van der Waals surface area contributed by atoms with Crippen LogP contribution in [-0.2, 0) is 0 Å². The van der Waals surface area contributed by atoms with E-state index in [9.17, 15) is 0 Å². The molecule has 41 heavy (non-hydrogen) atoms. The van der Waals surface area contributed by atoms with Crippen LogP contribution in [0.25, 0.3) is 65.4 Å². The Kier molecular flexibility index (Phi) is 4.61. The summed E-state index contributed by atoms with van der Waals surface area (Å²) in [5, 5.41) is 9.31. The molecule has 192 valence electrons. The lowest BCUT2D eigenvalue weighted by molar-refractivity contribution is 0.669. The zero-order valence-corrected chi connectivity index (χ0v) is 22.0. The highest BCUT2D eigenvalue weighted by atomic mass is 16.3. The van der Waals surface area contributed by atoms with Gasteiger partial charge in [0.2, 0.25) is 0 Å². The van der Waals surface area contributed by atoms with Crippen molar-refractivity contribution >= 4 is 82.5 Å². The van der Waals surface area contributed by atoms with Crippen molar-refractivity contribution in [3.63, 3.8) is 0 Å². The van der Waals surface area contributed by atoms with Crippen LogP contribution < -0.4 is 4.90 Å². The molecule has 7 aromatic carbocycles. The predicted octanol–water partition coefficient (Wildman–Crippen LogP) is 11.3. The molecule has 0 saturated heterocycles. The minimum absolute atomic E-state index is 0.875. The fourth-order valence-electron chi connectivity index (χ4n) is 6.29. The Morgan fingerprint density at radius 1 is 0.341 bits per heavy atom. The maximum absolute atomic E-state index is 6.43. The summed E-state index contributed by atoms with van der Waals surface area (Å²) in [6.07, 6.45) is 0. The van der Waals surface area contributed by atoms with Crippen molar-refractivity contribution in [2.24, 2.45) is 0 Å². The third-order valence-electron chi connectivity index (χ3n) is 8.20. The topological polar surface area (TPSA) is 29.5 Å². The standard InChI is InChI=1S/C38H23NO2/c1-2-9-27(10-3-1)39(28-16-14-25-21-33-31-12-6-7-13-34(31)40-36(33)22-26(25)20-28)29-17-18-32-37(23-29)41-35-19-15-24-8-4-5-11-30(24)38(32)35/h1-23H. The van der Waals surface area contributed by atoms with E-state index in [4.69, 9.17) is 8.83 Å². The van der Waals surface area contributed by atoms with Gasteiger partial charge in [-0.1, -0.05) is 72.8 Å². The van der Waals surface area contributed by atoms with Gasteiger partial charge in [-0.15, -0.1) is 0 Å². The van der Waals surface area contributed by atoms with Crippen LogP contribution in [0, 0.1) is 0 Å². The third-order valence-corrected chi connectivity index (χ3v) is 8.20. The van der Waals surface area contributed by atoms with Crippen LogP contribution in [-0.4, -0.2) is 0 Å². The maximum Gasteiger partial charge on any atom is 0.137 e. The van der Waals surface area contributed by atoms with Crippen molar-refractivity contribution < 1.29 is 8.83 Å². The van der Waals surface area contributed by atoms with Crippen molar-refractivity contribution in [1.29, 1.82) is 0 Å². The van der Waals surface area contributed by atoms with Gasteiger partial charge in [0.1, 0.15) is 22.3 Å². The average molecular weight is 526 g/mol. The van der Waals surface area contributed by atoms with Crippen LogP contribution in [0.1, 0.15) is 0 Å². The number of anilines is 3. The van der Waals surface area contributed by atoms with E-state index in [1.165, 1.54) is 16.2 Å². The SMILES string of the molecule is c1ccc(N(c2ccc3cc4c(cc3c2)oc2ccccc24)c2ccc3c(c2)oc2ccc4ccccc4c23)cc1. The van der Waals surface area contributed by atoms with Crippen molar-refractivity contribution in [3.8, 4) is 0 Å². The number of hydrogen-bond donors (Lipinski definition) is 0. The fraction of sp³-hybridized carbons (Fsp3) is 0. The van der Waals surface area contributed by atoms with E-state index in [1.54, 1.807) is 0 Å². The van der Waals surface area contributed by atoms with Gasteiger partial charge in [0.15, 0.2) is 0 Å². The monoisotopic (exact) mass is 525 g/mol. The molecule has 3 heteroatoms. The number of fused-ring (bicyclic) bond motifs is 9. The molecule has 3 nitrogen and oxygen atoms in total. The van der Waals surface area contributed by atoms with Crippen LogP contribution >= 0.6 is 0 Å². The van der Waals surface area contributed by atoms with Crippen molar-refractivity contribution in [3.05, 3.63) is 140 Å². The third kappa shape index (κ3) is 3.39. The largest absolute Gasteiger partial charge is 0.456 e. The molecule has 0 unspecified atom stereocenters. The first-order valence-electron chi connectivity index (χ1n) is 13.8. The highest BCUT2D eigenvalue weighted by molar-refractivity contribution is 6.19. The minimum Gasteiger partial charge on any atom is -0.456 e. The van der Waals surface area contributed by atoms with E-state index in [0.717, 1.165) is 66.3 Å². The minimum atomic E-state index is 0.875. The molecule has 9 rings (SSSR count). The summed E-state index contributed by atoms with van der Waals surface area (Å²) < 4.78 is 12.6. The second kappa shape index (κ2) is 8.48. The van der Waals surface area contributed by atoms with E-state index in [1.807, 2.05) is 18.2 Å². The molecule has 0 bridgehead atoms. The molecule has 0 aliphatic heterocycles. The Morgan fingerprint density at radius 3 is 1.98 bits per heavy atom. The summed E-state index contributed by atoms with van der Waals surface area (Å²) in [5.41, 5.74) is 6.78. The zero-order valence-electron chi connectivity index (χ0n) is 22.0. The van der Waals surface area contributed by atoms with Crippen molar-refractivity contribution in [1.82, 2.24) is 0 Å². The van der Waals surface area contributed by atoms with Crippen molar-refractivity contribution in [2.45, 2.75) is 0 Å². The maximum atomic E-state index is 6.43. The van der Waals surface area contributed by atoms with Gasteiger partial charge in [0.25, 0.3) is 0 Å². The van der Waals surface area contributed by atoms with Gasteiger partial charge in [-0.2, -0.15) is 0 Å². The lowest BCUT2D eigenvalue weighted by Crippen LogP contribution is -2.09. The van der Waals surface area contributed by atoms with E-state index in [-0.39, 0.29) is 0 Å². The molecular formula is C38H23NO2. The summed E-state index contributed by atoms with van der Waals surface area (Å²) in [4.78, 5) is 2.28. The van der Waals surface area contributed by atoms with Gasteiger partial charge >= 0.3 is 0 Å². The Balaban J connectivity index is 1.24. The highest BCUT2D eigenvalue weighted by Gasteiger charge is 2.17. The first kappa shape index (κ1) is 22.3. The Bertz CT molecular complexity index is 2430. The smallest absolute Gasteiger partial charge is 0.137 e. The number of rotatable bonds is 3. The number of para-hydroxylation sites is 2. The zero-order chi connectivity index (χ0) is 26.9. The van der Waals surface area contributed by atoms with Crippen molar-refractivity contribution in [2.75, 3.05) is 4.90 Å². The normalized spacial score (nSPS) is 11.9. The van der Waals surface area contributed by atoms with Gasteiger partial charge in [0, 0.05) is 44.7 Å². The molecule has 0 spiro atoms. The van der Waals surface area contributed by atoms with Crippen LogP contribution in [0.4, 0.5) is 17.1 Å². The number of furan rings is 2. The summed E-state index contributed by atoms with van der Waals surface area (Å²) in [7, 11) is 0. The van der Waals surface area contributed by atoms with Gasteiger partial charge in [-0.3, -0.25) is 0 Å². The highest BCUT2D eigenvalue weighted by Crippen LogP contribution is 2.41. The van der Waals surface area contributed by atoms with E-state index >= 15 is 0 Å². The molecule has 2 aromatic heterocycles. The molecular weight excluding hydrogens is 502 g/mol. The first-order valence-corrected chi connectivity index (χ1v) is 13.8. The van der Waals surface area contributed by atoms with Crippen LogP contribution in [0.5, 0.6) is 0 Å². The van der Waals surface area contributed by atoms with Gasteiger partial charge < -0.3 is 13.7 Å². The van der Waals surface area contributed by atoms with E-state index < -0.39 is 0 Å².